The highest BCUT2D eigenvalue weighted by molar-refractivity contribution is 5.35. The third kappa shape index (κ3) is 3.19. The monoisotopic (exact) mass is 303 g/mol. The van der Waals surface area contributed by atoms with Crippen LogP contribution in [0.25, 0.3) is 5.69 Å². The lowest BCUT2D eigenvalue weighted by Crippen LogP contribution is -2.31. The van der Waals surface area contributed by atoms with Gasteiger partial charge in [0.25, 0.3) is 0 Å². The average molecular weight is 303 g/mol. The van der Waals surface area contributed by atoms with Crippen LogP contribution < -0.4 is 4.57 Å². The van der Waals surface area contributed by atoms with Crippen molar-refractivity contribution < 1.29 is 17.7 Å². The summed E-state index contributed by atoms with van der Waals surface area (Å²) in [5, 5.41) is 0. The van der Waals surface area contributed by atoms with Gasteiger partial charge >= 0.3 is 6.18 Å². The first-order chi connectivity index (χ1) is 10.5. The van der Waals surface area contributed by atoms with Crippen molar-refractivity contribution in [3.63, 3.8) is 0 Å². The second kappa shape index (κ2) is 5.67. The number of hydrogen-bond acceptors (Lipinski definition) is 0. The van der Waals surface area contributed by atoms with Crippen LogP contribution in [-0.4, -0.2) is 4.57 Å². The largest absolute Gasteiger partial charge is 0.416 e. The summed E-state index contributed by atoms with van der Waals surface area (Å²) in [6, 6.07) is 15.1. The minimum atomic E-state index is -4.30. The Kier molecular flexibility index (Phi) is 3.71. The number of hydrogen-bond donors (Lipinski definition) is 0. The van der Waals surface area contributed by atoms with Gasteiger partial charge in [0.1, 0.15) is 24.6 Å². The molecule has 3 aromatic rings. The number of imidazole rings is 1. The van der Waals surface area contributed by atoms with Crippen LogP contribution in [0.2, 0.25) is 0 Å². The zero-order valence-electron chi connectivity index (χ0n) is 11.7. The number of halogens is 3. The fourth-order valence-corrected chi connectivity index (χ4v) is 2.26. The summed E-state index contributed by atoms with van der Waals surface area (Å²) >= 11 is 0. The zero-order chi connectivity index (χ0) is 15.6. The lowest BCUT2D eigenvalue weighted by Gasteiger charge is -2.05. The molecule has 0 amide bonds. The van der Waals surface area contributed by atoms with E-state index in [-0.39, 0.29) is 0 Å². The number of aromatic nitrogens is 2. The van der Waals surface area contributed by atoms with Crippen LogP contribution in [0.3, 0.4) is 0 Å². The Labute approximate surface area is 126 Å². The fraction of sp³-hybridized carbons (Fsp3) is 0.118. The fourth-order valence-electron chi connectivity index (χ4n) is 2.26. The van der Waals surface area contributed by atoms with Crippen molar-refractivity contribution in [2.75, 3.05) is 0 Å². The highest BCUT2D eigenvalue weighted by Crippen LogP contribution is 2.29. The van der Waals surface area contributed by atoms with E-state index in [4.69, 9.17) is 0 Å². The molecular weight excluding hydrogens is 289 g/mol. The molecule has 3 rings (SSSR count). The lowest BCUT2D eigenvalue weighted by molar-refractivity contribution is -0.687. The van der Waals surface area contributed by atoms with Crippen molar-refractivity contribution >= 4 is 0 Å². The standard InChI is InChI=1S/C17H14F3N2/c18-17(19,20)15-6-8-16(9-7-15)22-11-10-21(13-22)12-14-4-2-1-3-5-14/h1-11,13H,12H2/q+1. The van der Waals surface area contributed by atoms with E-state index in [1.165, 1.54) is 12.1 Å². The molecule has 22 heavy (non-hydrogen) atoms. The van der Waals surface area contributed by atoms with E-state index in [0.717, 1.165) is 17.7 Å². The predicted octanol–water partition coefficient (Wildman–Crippen LogP) is 3.83. The zero-order valence-corrected chi connectivity index (χ0v) is 11.7. The SMILES string of the molecule is FC(F)(F)c1ccc(-n2cc[n+](Cc3ccccc3)c2)cc1. The first kappa shape index (κ1) is 14.4. The summed E-state index contributed by atoms with van der Waals surface area (Å²) < 4.78 is 41.4. The Hall–Kier alpha value is -2.56. The normalized spacial score (nSPS) is 11.6. The molecule has 0 saturated carbocycles. The molecule has 0 aliphatic carbocycles. The van der Waals surface area contributed by atoms with Gasteiger partial charge in [-0.3, -0.25) is 0 Å². The van der Waals surface area contributed by atoms with Crippen LogP contribution in [0, 0.1) is 0 Å². The smallest absolute Gasteiger partial charge is 0.232 e. The highest BCUT2D eigenvalue weighted by atomic mass is 19.4. The van der Waals surface area contributed by atoms with Gasteiger partial charge in [-0.2, -0.15) is 13.2 Å². The van der Waals surface area contributed by atoms with Crippen LogP contribution in [0.4, 0.5) is 13.2 Å². The van der Waals surface area contributed by atoms with Crippen molar-refractivity contribution in [3.8, 4) is 5.69 Å². The first-order valence-electron chi connectivity index (χ1n) is 6.81. The molecule has 0 fully saturated rings. The minimum Gasteiger partial charge on any atom is -0.232 e. The third-order valence-corrected chi connectivity index (χ3v) is 3.39. The van der Waals surface area contributed by atoms with Gasteiger partial charge in [0.05, 0.1) is 5.56 Å². The van der Waals surface area contributed by atoms with E-state index < -0.39 is 11.7 Å². The molecule has 2 aromatic carbocycles. The molecular formula is C17H14F3N2+. The Morgan fingerprint density at radius 1 is 0.909 bits per heavy atom. The van der Waals surface area contributed by atoms with E-state index in [2.05, 4.69) is 0 Å². The minimum absolute atomic E-state index is 0.638. The first-order valence-corrected chi connectivity index (χ1v) is 6.81. The molecule has 0 aliphatic heterocycles. The second-order valence-electron chi connectivity index (χ2n) is 5.02. The maximum Gasteiger partial charge on any atom is 0.416 e. The summed E-state index contributed by atoms with van der Waals surface area (Å²) in [5.41, 5.74) is 1.22. The van der Waals surface area contributed by atoms with Gasteiger partial charge < -0.3 is 0 Å². The highest BCUT2D eigenvalue weighted by Gasteiger charge is 2.30. The summed E-state index contributed by atoms with van der Waals surface area (Å²) in [6.07, 6.45) is 1.27. The van der Waals surface area contributed by atoms with Gasteiger partial charge in [0.2, 0.25) is 6.33 Å². The maximum atomic E-state index is 12.6. The number of benzene rings is 2. The van der Waals surface area contributed by atoms with Crippen molar-refractivity contribution in [3.05, 3.63) is 84.4 Å². The molecule has 0 spiro atoms. The van der Waals surface area contributed by atoms with Crippen LogP contribution in [-0.2, 0) is 12.7 Å². The van der Waals surface area contributed by atoms with Gasteiger partial charge in [-0.05, 0) is 29.8 Å². The summed E-state index contributed by atoms with van der Waals surface area (Å²) in [5.74, 6) is 0. The van der Waals surface area contributed by atoms with E-state index in [1.54, 1.807) is 4.57 Å². The van der Waals surface area contributed by atoms with Crippen molar-refractivity contribution in [2.24, 2.45) is 0 Å². The molecule has 0 atom stereocenters. The Morgan fingerprint density at radius 3 is 2.23 bits per heavy atom. The van der Waals surface area contributed by atoms with Gasteiger partial charge in [-0.1, -0.05) is 30.3 Å². The molecule has 112 valence electrons. The van der Waals surface area contributed by atoms with Gasteiger partial charge in [0.15, 0.2) is 0 Å². The Morgan fingerprint density at radius 2 is 1.59 bits per heavy atom. The molecule has 2 nitrogen and oxygen atoms in total. The Balaban J connectivity index is 1.79. The molecule has 5 heteroatoms. The second-order valence-corrected chi connectivity index (χ2v) is 5.02. The van der Waals surface area contributed by atoms with E-state index in [9.17, 15) is 13.2 Å². The number of rotatable bonds is 3. The number of nitrogens with zero attached hydrogens (tertiary/aromatic N) is 2. The van der Waals surface area contributed by atoms with Gasteiger partial charge in [0, 0.05) is 0 Å². The predicted molar refractivity (Wildman–Crippen MR) is 76.5 cm³/mol. The van der Waals surface area contributed by atoms with Gasteiger partial charge in [-0.15, -0.1) is 0 Å². The summed E-state index contributed by atoms with van der Waals surface area (Å²) in [7, 11) is 0. The van der Waals surface area contributed by atoms with Crippen molar-refractivity contribution in [2.45, 2.75) is 12.7 Å². The molecule has 1 aromatic heterocycles. The van der Waals surface area contributed by atoms with Crippen LogP contribution in [0.5, 0.6) is 0 Å². The van der Waals surface area contributed by atoms with Gasteiger partial charge in [-0.25, -0.2) is 9.13 Å². The van der Waals surface area contributed by atoms with E-state index in [0.29, 0.717) is 12.2 Å². The summed E-state index contributed by atoms with van der Waals surface area (Å²) in [4.78, 5) is 0. The van der Waals surface area contributed by atoms with E-state index >= 15 is 0 Å². The maximum absolute atomic E-state index is 12.6. The average Bonchev–Trinajstić information content (AvgIpc) is 2.96. The molecule has 0 bridgehead atoms. The van der Waals surface area contributed by atoms with Crippen molar-refractivity contribution in [1.29, 1.82) is 0 Å². The quantitative estimate of drug-likeness (QED) is 0.650. The van der Waals surface area contributed by atoms with Crippen LogP contribution in [0.1, 0.15) is 11.1 Å². The topological polar surface area (TPSA) is 8.81 Å². The Bertz CT molecular complexity index is 744. The van der Waals surface area contributed by atoms with Crippen LogP contribution in [0.15, 0.2) is 73.3 Å². The molecule has 0 aliphatic rings. The molecule has 0 N–H and O–H groups in total. The third-order valence-electron chi connectivity index (χ3n) is 3.39. The molecule has 0 radical (unpaired) electrons. The molecule has 0 saturated heterocycles. The van der Waals surface area contributed by atoms with Crippen LogP contribution >= 0.6 is 0 Å². The lowest BCUT2D eigenvalue weighted by atomic mass is 10.2. The summed E-state index contributed by atoms with van der Waals surface area (Å²) in [6.45, 7) is 0.717. The number of alkyl halides is 3. The molecule has 1 heterocycles. The van der Waals surface area contributed by atoms with Crippen molar-refractivity contribution in [1.82, 2.24) is 4.57 Å². The van der Waals surface area contributed by atoms with E-state index in [1.807, 2.05) is 53.6 Å². The molecule has 0 unspecified atom stereocenters.